The van der Waals surface area contributed by atoms with Crippen LogP contribution >= 0.6 is 15.8 Å². The van der Waals surface area contributed by atoms with Gasteiger partial charge in [0.05, 0.1) is 37.0 Å². The molecular weight excluding hydrogens is 453 g/mol. The van der Waals surface area contributed by atoms with E-state index in [0.29, 0.717) is 0 Å². The summed E-state index contributed by atoms with van der Waals surface area (Å²) in [4.78, 5) is 0. The van der Waals surface area contributed by atoms with E-state index >= 15 is 0 Å². The molecule has 0 rings (SSSR count). The van der Waals surface area contributed by atoms with Crippen LogP contribution in [-0.2, 0) is 21.1 Å². The Hall–Kier alpha value is 0.528. The number of hydrogen-bond donors (Lipinski definition) is 0. The van der Waals surface area contributed by atoms with Crippen LogP contribution in [-0.4, -0.2) is 37.0 Å². The van der Waals surface area contributed by atoms with Crippen LogP contribution < -0.4 is 0 Å². The molecule has 5 heteroatoms. The second-order valence-electron chi connectivity index (χ2n) is 3.62. The van der Waals surface area contributed by atoms with Crippen LogP contribution in [0.4, 0.5) is 0 Å². The second-order valence-corrected chi connectivity index (χ2v) is 10.9. The molecule has 0 aromatic heterocycles. The van der Waals surface area contributed by atoms with Crippen molar-refractivity contribution in [2.75, 3.05) is 37.0 Å². The molecule has 0 N–H and O–H groups in total. The van der Waals surface area contributed by atoms with E-state index in [9.17, 15) is 0 Å². The first-order chi connectivity index (χ1) is 8.69. The molecule has 0 radical (unpaired) electrons. The zero-order chi connectivity index (χ0) is 15.4. The predicted octanol–water partition coefficient (Wildman–Crippen LogP) is 4.71. The average Bonchev–Trinajstić information content (AvgIpc) is 2.48. The molecule has 0 heterocycles. The van der Waals surface area contributed by atoms with E-state index < -0.39 is 0 Å². The summed E-state index contributed by atoms with van der Waals surface area (Å²) in [5.41, 5.74) is 0. The third kappa shape index (κ3) is 32.2. The van der Waals surface area contributed by atoms with Gasteiger partial charge in [0, 0.05) is 0 Å². The van der Waals surface area contributed by atoms with Gasteiger partial charge in [-0.1, -0.05) is 0 Å². The molecule has 19 heavy (non-hydrogen) atoms. The third-order valence-electron chi connectivity index (χ3n) is 3.00. The van der Waals surface area contributed by atoms with Crippen LogP contribution in [0, 0.1) is 23.7 Å². The van der Waals surface area contributed by atoms with Gasteiger partial charge in [0.2, 0.25) is 0 Å². The van der Waals surface area contributed by atoms with Crippen LogP contribution in [0.1, 0.15) is 41.5 Å². The van der Waals surface area contributed by atoms with Gasteiger partial charge in [-0.2, -0.15) is 0 Å². The van der Waals surface area contributed by atoms with Crippen molar-refractivity contribution < 1.29 is 21.1 Å². The van der Waals surface area contributed by atoms with E-state index in [1.807, 2.05) is 0 Å². The van der Waals surface area contributed by atoms with Gasteiger partial charge in [0.1, 0.15) is 0 Å². The Morgan fingerprint density at radius 2 is 0.632 bits per heavy atom. The van der Waals surface area contributed by atoms with Gasteiger partial charge in [-0.05, 0) is 57.4 Å². The first-order valence-corrected chi connectivity index (χ1v) is 11.1. The molecular formula is C14H32N2P2Pt+2. The molecule has 2 nitrogen and oxygen atoms in total. The molecule has 0 aliphatic heterocycles. The Labute approximate surface area is 139 Å². The maximum atomic E-state index is 6.25. The molecule has 0 amide bonds. The van der Waals surface area contributed by atoms with Gasteiger partial charge in [-0.15, -0.1) is 0 Å². The Morgan fingerprint density at radius 3 is 0.632 bits per heavy atom. The van der Waals surface area contributed by atoms with Gasteiger partial charge in [0.15, 0.2) is 0 Å². The molecule has 0 bridgehead atoms. The summed E-state index contributed by atoms with van der Waals surface area (Å²) in [5.74, 6) is 0. The first kappa shape index (κ1) is 31.8. The van der Waals surface area contributed by atoms with Crippen molar-refractivity contribution in [1.29, 1.82) is 10.5 Å². The molecule has 0 fully saturated rings. The molecule has 0 saturated heterocycles. The van der Waals surface area contributed by atoms with Crippen molar-refractivity contribution >= 4 is 15.8 Å². The Kier molecular flexibility index (Phi) is 60.6. The monoisotopic (exact) mass is 485 g/mol. The SMILES string of the molecule is CC[PH+](CC)CC.CC[PH+](CC)CC.[C-]#N.[C-]#N.[Pt+2]. The van der Waals surface area contributed by atoms with Crippen molar-refractivity contribution in [2.24, 2.45) is 0 Å². The number of nitrogens with zero attached hydrogens (tertiary/aromatic N) is 2. The van der Waals surface area contributed by atoms with E-state index in [4.69, 9.17) is 23.7 Å². The molecule has 0 aliphatic carbocycles. The van der Waals surface area contributed by atoms with E-state index in [1.54, 1.807) is 0 Å². The van der Waals surface area contributed by atoms with Crippen molar-refractivity contribution in [2.45, 2.75) is 41.5 Å². The zero-order valence-corrected chi connectivity index (χ0v) is 17.7. The largest absolute Gasteiger partial charge is 2.00 e. The molecule has 0 aromatic carbocycles. The van der Waals surface area contributed by atoms with Crippen LogP contribution in [0.15, 0.2) is 0 Å². The van der Waals surface area contributed by atoms with Crippen molar-refractivity contribution in [1.82, 2.24) is 0 Å². The summed E-state index contributed by atoms with van der Waals surface area (Å²) in [6.45, 7) is 23.3. The summed E-state index contributed by atoms with van der Waals surface area (Å²) in [7, 11) is 0.275. The Balaban J connectivity index is -0.0000000522. The first-order valence-electron chi connectivity index (χ1n) is 6.81. The number of rotatable bonds is 6. The zero-order valence-electron chi connectivity index (χ0n) is 13.5. The topological polar surface area (TPSA) is 47.6 Å². The summed E-state index contributed by atoms with van der Waals surface area (Å²) < 4.78 is 0. The average molecular weight is 485 g/mol. The second kappa shape index (κ2) is 36.3. The molecule has 0 saturated carbocycles. The fraction of sp³-hybridized carbons (Fsp3) is 0.857. The van der Waals surface area contributed by atoms with Gasteiger partial charge >= 0.3 is 21.1 Å². The minimum atomic E-state index is 0. The van der Waals surface area contributed by atoms with Gasteiger partial charge < -0.3 is 23.7 Å². The Morgan fingerprint density at radius 1 is 0.526 bits per heavy atom. The molecule has 0 spiro atoms. The van der Waals surface area contributed by atoms with Gasteiger partial charge in [-0.3, -0.25) is 0 Å². The summed E-state index contributed by atoms with van der Waals surface area (Å²) in [5, 5.41) is 12.5. The molecule has 0 atom stereocenters. The fourth-order valence-electron chi connectivity index (χ4n) is 1.50. The molecule has 0 aliphatic rings. The van der Waals surface area contributed by atoms with Gasteiger partial charge in [-0.25, -0.2) is 0 Å². The van der Waals surface area contributed by atoms with E-state index in [0.717, 1.165) is 0 Å². The third-order valence-corrected chi connectivity index (χ3v) is 9.00. The summed E-state index contributed by atoms with van der Waals surface area (Å²) in [6.07, 6.45) is 8.74. The van der Waals surface area contributed by atoms with E-state index in [2.05, 4.69) is 41.5 Å². The van der Waals surface area contributed by atoms with E-state index in [-0.39, 0.29) is 36.9 Å². The van der Waals surface area contributed by atoms with Crippen LogP contribution in [0.2, 0.25) is 0 Å². The van der Waals surface area contributed by atoms with Crippen LogP contribution in [0.3, 0.4) is 0 Å². The maximum absolute atomic E-state index is 6.25. The summed E-state index contributed by atoms with van der Waals surface area (Å²) in [6, 6.07) is 0. The minimum Gasteiger partial charge on any atom is -0.512 e. The van der Waals surface area contributed by atoms with Crippen molar-refractivity contribution in [3.63, 3.8) is 0 Å². The van der Waals surface area contributed by atoms with Crippen LogP contribution in [0.25, 0.3) is 0 Å². The Bertz CT molecular complexity index is 127. The fourth-order valence-corrected chi connectivity index (χ4v) is 4.50. The smallest absolute Gasteiger partial charge is 0.512 e. The quantitative estimate of drug-likeness (QED) is 0.404. The maximum Gasteiger partial charge on any atom is 2.00 e. The minimum absolute atomic E-state index is 0. The number of hydrogen-bond acceptors (Lipinski definition) is 2. The summed E-state index contributed by atoms with van der Waals surface area (Å²) >= 11 is 0. The molecule has 0 aromatic rings. The molecule has 0 unspecified atom stereocenters. The van der Waals surface area contributed by atoms with E-state index in [1.165, 1.54) is 37.0 Å². The van der Waals surface area contributed by atoms with Crippen molar-refractivity contribution in [3.05, 3.63) is 13.1 Å². The van der Waals surface area contributed by atoms with Crippen molar-refractivity contribution in [3.8, 4) is 0 Å². The van der Waals surface area contributed by atoms with Crippen LogP contribution in [0.5, 0.6) is 0 Å². The predicted molar refractivity (Wildman–Crippen MR) is 89.8 cm³/mol. The molecule has 116 valence electrons. The normalized spacial score (nSPS) is 7.79. The standard InChI is InChI=1S/2C6H15P.2CN.Pt/c2*1-4-7(5-2)6-3;2*1-2;/h2*4-6H2,1-3H3;;;/q;;2*-1;+2/p+2. The van der Waals surface area contributed by atoms with Gasteiger partial charge in [0.25, 0.3) is 0 Å².